The van der Waals surface area contributed by atoms with Crippen molar-refractivity contribution in [2.75, 3.05) is 0 Å². The first-order chi connectivity index (χ1) is 9.94. The van der Waals surface area contributed by atoms with Gasteiger partial charge in [-0.05, 0) is 61.4 Å². The average molecular weight is 295 g/mol. The third-order valence-corrected chi connectivity index (χ3v) is 3.00. The maximum absolute atomic E-state index is 2.32. The van der Waals surface area contributed by atoms with E-state index in [9.17, 15) is 0 Å². The van der Waals surface area contributed by atoms with Gasteiger partial charge in [-0.25, -0.2) is 0 Å². The zero-order valence-corrected chi connectivity index (χ0v) is 16.9. The van der Waals surface area contributed by atoms with Crippen LogP contribution in [0.2, 0.25) is 0 Å². The van der Waals surface area contributed by atoms with Gasteiger partial charge in [0.15, 0.2) is 0 Å². The topological polar surface area (TPSA) is 0 Å². The average Bonchev–Trinajstić information content (AvgIpc) is 2.43. The van der Waals surface area contributed by atoms with E-state index in [0.717, 1.165) is 12.8 Å². The molecule has 1 rings (SSSR count). The van der Waals surface area contributed by atoms with Gasteiger partial charge in [0.1, 0.15) is 0 Å². The molecule has 0 amide bonds. The summed E-state index contributed by atoms with van der Waals surface area (Å²) < 4.78 is 0. The zero-order chi connectivity index (χ0) is 17.4. The summed E-state index contributed by atoms with van der Waals surface area (Å²) in [6, 6.07) is 2.32. The quantitative estimate of drug-likeness (QED) is 0.527. The molecule has 0 nitrogen and oxygen atoms in total. The summed E-state index contributed by atoms with van der Waals surface area (Å²) >= 11 is 0. The van der Waals surface area contributed by atoms with Gasteiger partial charge in [0.05, 0.1) is 0 Å². The predicted molar refractivity (Wildman–Crippen MR) is 103 cm³/mol. The largest absolute Gasteiger partial charge is 0.0683 e. The van der Waals surface area contributed by atoms with Gasteiger partial charge in [-0.15, -0.1) is 0 Å². The van der Waals surface area contributed by atoms with Gasteiger partial charge in [-0.3, -0.25) is 0 Å². The van der Waals surface area contributed by atoms with Crippen LogP contribution in [-0.4, -0.2) is 0 Å². The van der Waals surface area contributed by atoms with E-state index >= 15 is 0 Å². The Morgan fingerprint density at radius 3 is 1.05 bits per heavy atom. The Kier molecular flexibility index (Phi) is 20.7. The van der Waals surface area contributed by atoms with Crippen LogP contribution in [0.25, 0.3) is 0 Å². The van der Waals surface area contributed by atoms with Crippen LogP contribution in [-0.2, 0) is 12.8 Å². The number of hydrogen-bond donors (Lipinski definition) is 0. The molecule has 0 spiro atoms. The van der Waals surface area contributed by atoms with Crippen LogP contribution in [0, 0.1) is 20.8 Å². The van der Waals surface area contributed by atoms with Crippen LogP contribution in [0.5, 0.6) is 0 Å². The number of hydrogen-bond acceptors (Lipinski definition) is 0. The molecule has 0 heterocycles. The highest BCUT2D eigenvalue weighted by molar-refractivity contribution is 5.44. The molecule has 126 valence electrons. The van der Waals surface area contributed by atoms with E-state index in [1.54, 1.807) is 11.1 Å². The minimum Gasteiger partial charge on any atom is -0.0683 e. The molecule has 0 aromatic heterocycles. The zero-order valence-electron chi connectivity index (χ0n) is 16.9. The summed E-state index contributed by atoms with van der Waals surface area (Å²) in [6.45, 7) is 23.7. The molecule has 0 bridgehead atoms. The molecule has 1 aromatic rings. The van der Waals surface area contributed by atoms with Crippen molar-refractivity contribution < 1.29 is 0 Å². The molecular formula is C21H42. The Bertz CT molecular complexity index is 304. The van der Waals surface area contributed by atoms with Crippen LogP contribution in [0.1, 0.15) is 96.0 Å². The molecule has 0 unspecified atom stereocenters. The highest BCUT2D eigenvalue weighted by Gasteiger charge is 2.07. The third kappa shape index (κ3) is 10.6. The monoisotopic (exact) mass is 294 g/mol. The van der Waals surface area contributed by atoms with Crippen molar-refractivity contribution in [2.24, 2.45) is 0 Å². The fourth-order valence-corrected chi connectivity index (χ4v) is 2.36. The van der Waals surface area contributed by atoms with Crippen molar-refractivity contribution in [2.45, 2.75) is 102 Å². The molecular weight excluding hydrogens is 252 g/mol. The summed E-state index contributed by atoms with van der Waals surface area (Å²) in [4.78, 5) is 0. The van der Waals surface area contributed by atoms with Crippen molar-refractivity contribution in [3.63, 3.8) is 0 Å². The normalized spacial score (nSPS) is 8.52. The summed E-state index contributed by atoms with van der Waals surface area (Å²) in [5, 5.41) is 0. The lowest BCUT2D eigenvalue weighted by Gasteiger charge is -2.15. The number of benzene rings is 1. The van der Waals surface area contributed by atoms with E-state index in [1.165, 1.54) is 29.5 Å². The Morgan fingerprint density at radius 2 is 0.857 bits per heavy atom. The van der Waals surface area contributed by atoms with Gasteiger partial charge < -0.3 is 0 Å². The van der Waals surface area contributed by atoms with Gasteiger partial charge in [-0.1, -0.05) is 74.3 Å². The van der Waals surface area contributed by atoms with Crippen LogP contribution >= 0.6 is 0 Å². The molecule has 0 heteroatoms. The van der Waals surface area contributed by atoms with Crippen LogP contribution < -0.4 is 0 Å². The van der Waals surface area contributed by atoms with Crippen LogP contribution in [0.3, 0.4) is 0 Å². The standard InChI is InChI=1S/C13H20.2C3H8.C2H6/c1-6-12-9(3)8-10(4)13(7-2)11(12)5;2*1-3-2;1-2/h8H,6-7H2,1-5H3;2*3H2,1-2H3;1-2H3. The third-order valence-electron chi connectivity index (χ3n) is 3.00. The van der Waals surface area contributed by atoms with E-state index < -0.39 is 0 Å². The first kappa shape index (κ1) is 25.2. The lowest BCUT2D eigenvalue weighted by molar-refractivity contribution is 1.01. The maximum Gasteiger partial charge on any atom is -0.0302 e. The van der Waals surface area contributed by atoms with Gasteiger partial charge in [0.2, 0.25) is 0 Å². The molecule has 1 aromatic carbocycles. The summed E-state index contributed by atoms with van der Waals surface area (Å²) in [5.41, 5.74) is 7.51. The first-order valence-electron chi connectivity index (χ1n) is 9.03. The summed E-state index contributed by atoms with van der Waals surface area (Å²) in [7, 11) is 0. The molecule has 0 saturated heterocycles. The number of aryl methyl sites for hydroxylation is 2. The van der Waals surface area contributed by atoms with Crippen molar-refractivity contribution in [3.05, 3.63) is 33.9 Å². The van der Waals surface area contributed by atoms with E-state index in [0.29, 0.717) is 0 Å². The second-order valence-electron chi connectivity index (χ2n) is 5.21. The SMILES string of the molecule is CC.CCC.CCC.CCc1c(C)cc(C)c(CC)c1C. The lowest BCUT2D eigenvalue weighted by Crippen LogP contribution is -1.99. The van der Waals surface area contributed by atoms with E-state index in [-0.39, 0.29) is 0 Å². The molecule has 0 fully saturated rings. The van der Waals surface area contributed by atoms with Gasteiger partial charge in [0.25, 0.3) is 0 Å². The second-order valence-corrected chi connectivity index (χ2v) is 5.21. The molecule has 21 heavy (non-hydrogen) atoms. The smallest absolute Gasteiger partial charge is 0.0302 e. The first-order valence-corrected chi connectivity index (χ1v) is 9.03. The van der Waals surface area contributed by atoms with E-state index in [2.05, 4.69) is 68.4 Å². The van der Waals surface area contributed by atoms with Gasteiger partial charge >= 0.3 is 0 Å². The molecule has 0 aliphatic rings. The van der Waals surface area contributed by atoms with Crippen LogP contribution in [0.15, 0.2) is 6.07 Å². The van der Waals surface area contributed by atoms with E-state index in [1.807, 2.05) is 13.8 Å². The minimum atomic E-state index is 1.16. The highest BCUT2D eigenvalue weighted by Crippen LogP contribution is 2.22. The van der Waals surface area contributed by atoms with Crippen molar-refractivity contribution in [3.8, 4) is 0 Å². The highest BCUT2D eigenvalue weighted by atomic mass is 14.1. The Labute approximate surface area is 136 Å². The molecule has 0 aliphatic heterocycles. The lowest BCUT2D eigenvalue weighted by atomic mass is 9.91. The Balaban J connectivity index is -0.000000342. The van der Waals surface area contributed by atoms with E-state index in [4.69, 9.17) is 0 Å². The van der Waals surface area contributed by atoms with Crippen molar-refractivity contribution in [1.29, 1.82) is 0 Å². The minimum absolute atomic E-state index is 1.16. The predicted octanol–water partition coefficient (Wildman–Crippen LogP) is 7.60. The molecule has 0 radical (unpaired) electrons. The molecule has 0 aliphatic carbocycles. The molecule has 0 N–H and O–H groups in total. The number of rotatable bonds is 2. The van der Waals surface area contributed by atoms with Crippen LogP contribution in [0.4, 0.5) is 0 Å². The maximum atomic E-state index is 2.32. The van der Waals surface area contributed by atoms with Gasteiger partial charge in [0, 0.05) is 0 Å². The molecule has 0 atom stereocenters. The fourth-order valence-electron chi connectivity index (χ4n) is 2.36. The fraction of sp³-hybridized carbons (Fsp3) is 0.714. The molecule has 0 saturated carbocycles. The van der Waals surface area contributed by atoms with Crippen molar-refractivity contribution >= 4 is 0 Å². The summed E-state index contributed by atoms with van der Waals surface area (Å²) in [6.07, 6.45) is 4.82. The summed E-state index contributed by atoms with van der Waals surface area (Å²) in [5.74, 6) is 0. The Morgan fingerprint density at radius 1 is 0.619 bits per heavy atom. The van der Waals surface area contributed by atoms with Crippen molar-refractivity contribution in [1.82, 2.24) is 0 Å². The Hall–Kier alpha value is -0.780. The van der Waals surface area contributed by atoms with Gasteiger partial charge in [-0.2, -0.15) is 0 Å². The second kappa shape index (κ2) is 17.3.